The summed E-state index contributed by atoms with van der Waals surface area (Å²) in [7, 11) is 1.09. The van der Waals surface area contributed by atoms with E-state index in [1.165, 1.54) is 10.6 Å². The maximum Gasteiger partial charge on any atom is 0.496 e. The van der Waals surface area contributed by atoms with E-state index in [2.05, 4.69) is 16.9 Å². The Morgan fingerprint density at radius 1 is 1.28 bits per heavy atom. The molecular formula is C23H30BN3O5. The number of hydrogen-bond donors (Lipinski definition) is 1. The Balaban J connectivity index is 1.75. The van der Waals surface area contributed by atoms with E-state index >= 15 is 0 Å². The minimum absolute atomic E-state index is 0.0188. The fourth-order valence-corrected chi connectivity index (χ4v) is 3.16. The summed E-state index contributed by atoms with van der Waals surface area (Å²) in [6.45, 7) is 11.7. The SMILES string of the molecule is C=CC(=O)CCCOc1cccc(Nc2cc(B3OC(C)(C)C(C)(C)O3)cn(C)c2=O)n1. The van der Waals surface area contributed by atoms with Crippen LogP contribution in [-0.4, -0.2) is 40.3 Å². The molecule has 0 aliphatic carbocycles. The number of aromatic nitrogens is 2. The smallest absolute Gasteiger partial charge is 0.478 e. The van der Waals surface area contributed by atoms with Gasteiger partial charge in [-0.15, -0.1) is 0 Å². The van der Waals surface area contributed by atoms with Gasteiger partial charge in [0.25, 0.3) is 5.56 Å². The lowest BCUT2D eigenvalue weighted by atomic mass is 9.80. The molecule has 0 amide bonds. The molecular weight excluding hydrogens is 409 g/mol. The summed E-state index contributed by atoms with van der Waals surface area (Å²) in [5, 5.41) is 3.07. The monoisotopic (exact) mass is 439 g/mol. The average Bonchev–Trinajstić information content (AvgIpc) is 2.95. The van der Waals surface area contributed by atoms with Crippen LogP contribution >= 0.6 is 0 Å². The van der Waals surface area contributed by atoms with Gasteiger partial charge in [0.2, 0.25) is 5.88 Å². The number of ether oxygens (including phenoxy) is 1. The van der Waals surface area contributed by atoms with E-state index in [1.807, 2.05) is 27.7 Å². The summed E-state index contributed by atoms with van der Waals surface area (Å²) in [5.74, 6) is 0.850. The van der Waals surface area contributed by atoms with Gasteiger partial charge in [-0.2, -0.15) is 4.98 Å². The number of nitrogens with one attached hydrogen (secondary N) is 1. The molecule has 9 heteroatoms. The summed E-state index contributed by atoms with van der Waals surface area (Å²) in [6, 6.07) is 6.97. The van der Waals surface area contributed by atoms with Crippen LogP contribution in [0.2, 0.25) is 0 Å². The molecule has 32 heavy (non-hydrogen) atoms. The Labute approximate surface area is 188 Å². The number of carbonyl (C=O) groups is 1. The van der Waals surface area contributed by atoms with Gasteiger partial charge < -0.3 is 23.9 Å². The Bertz CT molecular complexity index is 1050. The molecule has 2 aromatic heterocycles. The highest BCUT2D eigenvalue weighted by molar-refractivity contribution is 6.62. The number of nitrogens with zero attached hydrogens (tertiary/aromatic N) is 2. The van der Waals surface area contributed by atoms with Gasteiger partial charge in [0.05, 0.1) is 17.8 Å². The summed E-state index contributed by atoms with van der Waals surface area (Å²) < 4.78 is 19.3. The fraction of sp³-hybridized carbons (Fsp3) is 0.435. The Morgan fingerprint density at radius 3 is 2.62 bits per heavy atom. The van der Waals surface area contributed by atoms with Gasteiger partial charge in [0, 0.05) is 31.2 Å². The minimum atomic E-state index is -0.590. The number of hydrogen-bond acceptors (Lipinski definition) is 7. The minimum Gasteiger partial charge on any atom is -0.478 e. The van der Waals surface area contributed by atoms with Crippen molar-refractivity contribution >= 4 is 29.9 Å². The largest absolute Gasteiger partial charge is 0.496 e. The Hall–Kier alpha value is -2.91. The first kappa shape index (κ1) is 23.8. The van der Waals surface area contributed by atoms with Gasteiger partial charge in [0.1, 0.15) is 11.5 Å². The lowest BCUT2D eigenvalue weighted by Gasteiger charge is -2.32. The third-order valence-electron chi connectivity index (χ3n) is 5.76. The number of allylic oxidation sites excluding steroid dienone is 1. The van der Waals surface area contributed by atoms with E-state index in [0.717, 1.165) is 5.46 Å². The molecule has 1 N–H and O–H groups in total. The second-order valence-corrected chi connectivity index (χ2v) is 8.80. The van der Waals surface area contributed by atoms with Crippen molar-refractivity contribution in [3.05, 3.63) is 53.5 Å². The molecule has 1 aliphatic rings. The maximum atomic E-state index is 12.7. The van der Waals surface area contributed by atoms with E-state index < -0.39 is 18.3 Å². The van der Waals surface area contributed by atoms with Crippen molar-refractivity contribution < 1.29 is 18.8 Å². The number of rotatable bonds is 9. The molecule has 0 radical (unpaired) electrons. The molecule has 1 fully saturated rings. The lowest BCUT2D eigenvalue weighted by molar-refractivity contribution is -0.114. The summed E-state index contributed by atoms with van der Waals surface area (Å²) in [4.78, 5) is 28.4. The molecule has 1 aliphatic heterocycles. The highest BCUT2D eigenvalue weighted by Gasteiger charge is 2.51. The van der Waals surface area contributed by atoms with Crippen LogP contribution in [-0.2, 0) is 21.2 Å². The summed E-state index contributed by atoms with van der Waals surface area (Å²) in [5.41, 5.74) is -0.0951. The molecule has 3 heterocycles. The van der Waals surface area contributed by atoms with Crippen LogP contribution < -0.4 is 21.1 Å². The number of ketones is 1. The zero-order chi connectivity index (χ0) is 23.5. The molecule has 0 bridgehead atoms. The van der Waals surface area contributed by atoms with Gasteiger partial charge in [-0.3, -0.25) is 9.59 Å². The molecule has 3 rings (SSSR count). The standard InChI is InChI=1S/C23H30BN3O5/c1-7-17(28)10-9-13-30-20-12-8-11-19(26-20)25-18-14-16(15-27(6)21(18)29)24-31-22(2,3)23(4,5)32-24/h7-8,11-12,14-15H,1,9-10,13H2,2-6H3,(H,25,26). The number of pyridine rings is 2. The van der Waals surface area contributed by atoms with Crippen LogP contribution in [0.1, 0.15) is 40.5 Å². The van der Waals surface area contributed by atoms with E-state index in [0.29, 0.717) is 36.8 Å². The van der Waals surface area contributed by atoms with Crippen molar-refractivity contribution in [2.75, 3.05) is 11.9 Å². The molecule has 0 saturated carbocycles. The Morgan fingerprint density at radius 2 is 1.97 bits per heavy atom. The topological polar surface area (TPSA) is 91.7 Å². The number of aryl methyl sites for hydroxylation is 1. The molecule has 2 aromatic rings. The second-order valence-electron chi connectivity index (χ2n) is 8.80. The van der Waals surface area contributed by atoms with Gasteiger partial charge in [0.15, 0.2) is 5.78 Å². The first-order valence-electron chi connectivity index (χ1n) is 10.6. The molecule has 8 nitrogen and oxygen atoms in total. The number of anilines is 2. The predicted octanol–water partition coefficient (Wildman–Crippen LogP) is 2.74. The van der Waals surface area contributed by atoms with Crippen LogP contribution in [0.5, 0.6) is 5.88 Å². The molecule has 0 aromatic carbocycles. The van der Waals surface area contributed by atoms with Gasteiger partial charge >= 0.3 is 7.12 Å². The van der Waals surface area contributed by atoms with Crippen LogP contribution in [0.15, 0.2) is 47.9 Å². The van der Waals surface area contributed by atoms with Crippen LogP contribution in [0.3, 0.4) is 0 Å². The maximum absolute atomic E-state index is 12.7. The quantitative estimate of drug-likeness (QED) is 0.365. The van der Waals surface area contributed by atoms with Crippen molar-refractivity contribution in [2.24, 2.45) is 7.05 Å². The van der Waals surface area contributed by atoms with E-state index in [-0.39, 0.29) is 11.3 Å². The first-order chi connectivity index (χ1) is 15.0. The third-order valence-corrected chi connectivity index (χ3v) is 5.76. The summed E-state index contributed by atoms with van der Waals surface area (Å²) >= 11 is 0. The highest BCUT2D eigenvalue weighted by Crippen LogP contribution is 2.36. The van der Waals surface area contributed by atoms with Gasteiger partial charge in [-0.1, -0.05) is 12.6 Å². The average molecular weight is 439 g/mol. The predicted molar refractivity (Wildman–Crippen MR) is 125 cm³/mol. The second kappa shape index (κ2) is 9.30. The normalized spacial score (nSPS) is 16.6. The van der Waals surface area contributed by atoms with Crippen LogP contribution in [0.25, 0.3) is 0 Å². The van der Waals surface area contributed by atoms with E-state index in [4.69, 9.17) is 14.0 Å². The molecule has 1 saturated heterocycles. The number of carbonyl (C=O) groups excluding carboxylic acids is 1. The van der Waals surface area contributed by atoms with Crippen molar-refractivity contribution in [1.29, 1.82) is 0 Å². The first-order valence-corrected chi connectivity index (χ1v) is 10.6. The van der Waals surface area contributed by atoms with Crippen molar-refractivity contribution in [2.45, 2.75) is 51.7 Å². The molecule has 170 valence electrons. The van der Waals surface area contributed by atoms with Crippen molar-refractivity contribution in [3.63, 3.8) is 0 Å². The third kappa shape index (κ3) is 5.28. The van der Waals surface area contributed by atoms with Gasteiger partial charge in [-0.05, 0) is 52.3 Å². The van der Waals surface area contributed by atoms with E-state index in [1.54, 1.807) is 37.5 Å². The van der Waals surface area contributed by atoms with Crippen molar-refractivity contribution in [3.8, 4) is 5.88 Å². The van der Waals surface area contributed by atoms with Crippen molar-refractivity contribution in [1.82, 2.24) is 9.55 Å². The van der Waals surface area contributed by atoms with Crippen LogP contribution in [0.4, 0.5) is 11.5 Å². The molecule has 0 unspecified atom stereocenters. The zero-order valence-electron chi connectivity index (χ0n) is 19.3. The fourth-order valence-electron chi connectivity index (χ4n) is 3.16. The lowest BCUT2D eigenvalue weighted by Crippen LogP contribution is -2.41. The van der Waals surface area contributed by atoms with Crippen LogP contribution in [0, 0.1) is 0 Å². The van der Waals surface area contributed by atoms with E-state index in [9.17, 15) is 9.59 Å². The Kier molecular flexibility index (Phi) is 6.90. The highest BCUT2D eigenvalue weighted by atomic mass is 16.7. The molecule has 0 spiro atoms. The zero-order valence-corrected chi connectivity index (χ0v) is 19.3. The summed E-state index contributed by atoms with van der Waals surface area (Å²) in [6.07, 6.45) is 3.97. The van der Waals surface area contributed by atoms with Gasteiger partial charge in [-0.25, -0.2) is 0 Å². The molecule has 0 atom stereocenters.